The third kappa shape index (κ3) is 1.89. The second-order valence-corrected chi connectivity index (χ2v) is 4.03. The fraction of sp³-hybridized carbons (Fsp3) is 0.417. The number of nitrogens with one attached hydrogen (secondary N) is 1. The zero-order chi connectivity index (χ0) is 10.8. The lowest BCUT2D eigenvalue weighted by atomic mass is 10.1. The van der Waals surface area contributed by atoms with Crippen LogP contribution in [0.15, 0.2) is 18.2 Å². The minimum absolute atomic E-state index is 0.547. The van der Waals surface area contributed by atoms with Gasteiger partial charge < -0.3 is 11.1 Å². The van der Waals surface area contributed by atoms with E-state index in [4.69, 9.17) is 11.0 Å². The lowest BCUT2D eigenvalue weighted by molar-refractivity contribution is 0.775. The van der Waals surface area contributed by atoms with Gasteiger partial charge in [0.25, 0.3) is 0 Å². The topological polar surface area (TPSA) is 61.8 Å². The van der Waals surface area contributed by atoms with Gasteiger partial charge in [0, 0.05) is 6.04 Å². The maximum atomic E-state index is 8.83. The number of nitrogens with zero attached hydrogens (tertiary/aromatic N) is 1. The van der Waals surface area contributed by atoms with Gasteiger partial charge in [-0.3, -0.25) is 0 Å². The Morgan fingerprint density at radius 2 is 2.40 bits per heavy atom. The number of nitriles is 1. The minimum Gasteiger partial charge on any atom is -0.396 e. The molecular formula is C12H15N3. The zero-order valence-corrected chi connectivity index (χ0v) is 8.83. The van der Waals surface area contributed by atoms with Crippen molar-refractivity contribution in [2.24, 2.45) is 5.92 Å². The second kappa shape index (κ2) is 3.82. The summed E-state index contributed by atoms with van der Waals surface area (Å²) in [6.07, 6.45) is 2.42. The van der Waals surface area contributed by atoms with Crippen LogP contribution >= 0.6 is 0 Å². The van der Waals surface area contributed by atoms with E-state index < -0.39 is 0 Å². The molecule has 0 aliphatic heterocycles. The van der Waals surface area contributed by atoms with Crippen molar-refractivity contribution in [3.05, 3.63) is 23.8 Å². The predicted octanol–water partition coefficient (Wildman–Crippen LogP) is 2.35. The van der Waals surface area contributed by atoms with E-state index in [1.165, 1.54) is 12.8 Å². The Morgan fingerprint density at radius 3 is 3.00 bits per heavy atom. The van der Waals surface area contributed by atoms with Crippen molar-refractivity contribution in [1.29, 1.82) is 5.26 Å². The summed E-state index contributed by atoms with van der Waals surface area (Å²) in [6.45, 7) is 2.20. The van der Waals surface area contributed by atoms with E-state index >= 15 is 0 Å². The first-order valence-electron chi connectivity index (χ1n) is 5.31. The van der Waals surface area contributed by atoms with Crippen molar-refractivity contribution in [1.82, 2.24) is 0 Å². The number of hydrogen-bond donors (Lipinski definition) is 2. The molecule has 1 saturated carbocycles. The lowest BCUT2D eigenvalue weighted by Gasteiger charge is -2.09. The summed E-state index contributed by atoms with van der Waals surface area (Å²) < 4.78 is 0. The number of hydrogen-bond acceptors (Lipinski definition) is 3. The number of anilines is 2. The molecule has 2 atom stereocenters. The third-order valence-corrected chi connectivity index (χ3v) is 3.01. The highest BCUT2D eigenvalue weighted by Crippen LogP contribution is 2.37. The van der Waals surface area contributed by atoms with Gasteiger partial charge >= 0.3 is 0 Å². The second-order valence-electron chi connectivity index (χ2n) is 4.03. The third-order valence-electron chi connectivity index (χ3n) is 3.01. The van der Waals surface area contributed by atoms with Gasteiger partial charge in [-0.2, -0.15) is 5.26 Å². The largest absolute Gasteiger partial charge is 0.396 e. The zero-order valence-electron chi connectivity index (χ0n) is 8.83. The molecule has 3 N–H and O–H groups in total. The summed E-state index contributed by atoms with van der Waals surface area (Å²) in [4.78, 5) is 0. The quantitative estimate of drug-likeness (QED) is 0.738. The number of nitrogens with two attached hydrogens (primary N) is 1. The molecule has 15 heavy (non-hydrogen) atoms. The van der Waals surface area contributed by atoms with Gasteiger partial charge in [0.15, 0.2) is 0 Å². The van der Waals surface area contributed by atoms with Crippen molar-refractivity contribution in [2.75, 3.05) is 11.1 Å². The minimum atomic E-state index is 0.547. The van der Waals surface area contributed by atoms with Crippen LogP contribution in [0.1, 0.15) is 25.3 Å². The maximum absolute atomic E-state index is 8.83. The van der Waals surface area contributed by atoms with Gasteiger partial charge in [0.05, 0.1) is 16.9 Å². The fourth-order valence-electron chi connectivity index (χ4n) is 1.86. The van der Waals surface area contributed by atoms with Crippen molar-refractivity contribution in [2.45, 2.75) is 25.8 Å². The van der Waals surface area contributed by atoms with Crippen LogP contribution in [0.2, 0.25) is 0 Å². The lowest BCUT2D eigenvalue weighted by Crippen LogP contribution is -2.07. The first kappa shape index (κ1) is 9.85. The molecule has 1 aromatic carbocycles. The molecule has 0 saturated heterocycles. The van der Waals surface area contributed by atoms with E-state index in [9.17, 15) is 0 Å². The summed E-state index contributed by atoms with van der Waals surface area (Å²) in [5.41, 5.74) is 7.89. The van der Waals surface area contributed by atoms with E-state index in [1.54, 1.807) is 6.07 Å². The molecule has 3 nitrogen and oxygen atoms in total. The van der Waals surface area contributed by atoms with E-state index in [1.807, 2.05) is 12.1 Å². The van der Waals surface area contributed by atoms with Crippen molar-refractivity contribution in [3.8, 4) is 6.07 Å². The highest BCUT2D eigenvalue weighted by molar-refractivity contribution is 5.73. The first-order chi connectivity index (χ1) is 7.26. The number of rotatable bonds is 3. The highest BCUT2D eigenvalue weighted by atomic mass is 15.0. The molecule has 0 heterocycles. The fourth-order valence-corrected chi connectivity index (χ4v) is 1.86. The van der Waals surface area contributed by atoms with E-state index in [-0.39, 0.29) is 0 Å². The van der Waals surface area contributed by atoms with Gasteiger partial charge in [0.1, 0.15) is 6.07 Å². The molecule has 0 bridgehead atoms. The van der Waals surface area contributed by atoms with Crippen molar-refractivity contribution >= 4 is 11.4 Å². The molecule has 2 unspecified atom stereocenters. The van der Waals surface area contributed by atoms with E-state index in [0.29, 0.717) is 17.3 Å². The molecule has 1 aromatic rings. The summed E-state index contributed by atoms with van der Waals surface area (Å²) in [7, 11) is 0. The van der Waals surface area contributed by atoms with Crippen LogP contribution in [0.3, 0.4) is 0 Å². The molecule has 0 aromatic heterocycles. The molecule has 2 rings (SSSR count). The van der Waals surface area contributed by atoms with Crippen LogP contribution in [-0.2, 0) is 0 Å². The van der Waals surface area contributed by atoms with Gasteiger partial charge in [-0.1, -0.05) is 19.4 Å². The van der Waals surface area contributed by atoms with Crippen molar-refractivity contribution < 1.29 is 0 Å². The normalized spacial score (nSPS) is 23.2. The summed E-state index contributed by atoms with van der Waals surface area (Å²) in [5, 5.41) is 12.2. The molecule has 0 spiro atoms. The maximum Gasteiger partial charge on any atom is 0.101 e. The Bertz CT molecular complexity index is 406. The Balaban J connectivity index is 2.13. The van der Waals surface area contributed by atoms with Crippen LogP contribution in [0.5, 0.6) is 0 Å². The summed E-state index contributed by atoms with van der Waals surface area (Å²) >= 11 is 0. The molecule has 1 fully saturated rings. The average Bonchev–Trinajstić information content (AvgIpc) is 3.00. The van der Waals surface area contributed by atoms with E-state index in [2.05, 4.69) is 18.3 Å². The molecule has 1 aliphatic rings. The standard InChI is InChI=1S/C12H15N3/c1-2-8-6-11(8)15-10-5-3-4-9(7-13)12(10)14/h3-5,8,11,15H,2,6,14H2,1H3. The summed E-state index contributed by atoms with van der Waals surface area (Å²) in [5.74, 6) is 0.773. The number of nitrogen functional groups attached to an aromatic ring is 1. The molecule has 0 radical (unpaired) electrons. The molecule has 78 valence electrons. The van der Waals surface area contributed by atoms with Crippen LogP contribution in [0.4, 0.5) is 11.4 Å². The Kier molecular flexibility index (Phi) is 2.51. The van der Waals surface area contributed by atoms with Gasteiger partial charge in [-0.05, 0) is 24.5 Å². The predicted molar refractivity (Wildman–Crippen MR) is 61.4 cm³/mol. The van der Waals surface area contributed by atoms with Crippen LogP contribution < -0.4 is 11.1 Å². The van der Waals surface area contributed by atoms with E-state index in [0.717, 1.165) is 11.6 Å². The first-order valence-corrected chi connectivity index (χ1v) is 5.31. The smallest absolute Gasteiger partial charge is 0.101 e. The Morgan fingerprint density at radius 1 is 1.60 bits per heavy atom. The van der Waals surface area contributed by atoms with Crippen LogP contribution in [0.25, 0.3) is 0 Å². The number of benzene rings is 1. The monoisotopic (exact) mass is 201 g/mol. The Labute approximate surface area is 89.9 Å². The average molecular weight is 201 g/mol. The molecular weight excluding hydrogens is 186 g/mol. The SMILES string of the molecule is CCC1CC1Nc1cccc(C#N)c1N. The van der Waals surface area contributed by atoms with Gasteiger partial charge in [-0.15, -0.1) is 0 Å². The number of para-hydroxylation sites is 1. The van der Waals surface area contributed by atoms with Gasteiger partial charge in [0.2, 0.25) is 0 Å². The molecule has 3 heteroatoms. The Hall–Kier alpha value is -1.69. The molecule has 0 amide bonds. The highest BCUT2D eigenvalue weighted by Gasteiger charge is 2.35. The van der Waals surface area contributed by atoms with Crippen LogP contribution in [-0.4, -0.2) is 6.04 Å². The van der Waals surface area contributed by atoms with Crippen LogP contribution in [0, 0.1) is 17.2 Å². The van der Waals surface area contributed by atoms with Gasteiger partial charge in [-0.25, -0.2) is 0 Å². The van der Waals surface area contributed by atoms with Crippen molar-refractivity contribution in [3.63, 3.8) is 0 Å². The molecule has 1 aliphatic carbocycles. The summed E-state index contributed by atoms with van der Waals surface area (Å²) in [6, 6.07) is 8.17.